The second-order valence-corrected chi connectivity index (χ2v) is 3.55. The van der Waals surface area contributed by atoms with E-state index in [4.69, 9.17) is 4.89 Å². The summed E-state index contributed by atoms with van der Waals surface area (Å²) in [6.45, 7) is 0. The monoisotopic (exact) mass is 194 g/mol. The van der Waals surface area contributed by atoms with Crippen molar-refractivity contribution in [1.29, 1.82) is 0 Å². The summed E-state index contributed by atoms with van der Waals surface area (Å²) < 4.78 is 18.7. The maximum Gasteiger partial charge on any atom is 0.589 e. The Morgan fingerprint density at radius 2 is 1.58 bits per heavy atom. The van der Waals surface area contributed by atoms with E-state index in [1.54, 1.807) is 0 Å². The third kappa shape index (κ3) is 2.64. The lowest BCUT2D eigenvalue weighted by Crippen LogP contribution is -2.12. The highest BCUT2D eigenvalue weighted by molar-refractivity contribution is 7.48. The lowest BCUT2D eigenvalue weighted by Gasteiger charge is -2.13. The largest absolute Gasteiger partial charge is 0.589 e. The van der Waals surface area contributed by atoms with E-state index in [1.165, 1.54) is 0 Å². The molecular weight excluding hydrogens is 187 g/mol. The molecule has 0 spiro atoms. The first-order valence-corrected chi connectivity index (χ1v) is 4.77. The van der Waals surface area contributed by atoms with Gasteiger partial charge in [0.15, 0.2) is 0 Å². The zero-order valence-corrected chi connectivity index (χ0v) is 6.95. The summed E-state index contributed by atoms with van der Waals surface area (Å²) in [6.07, 6.45) is 0.191. The van der Waals surface area contributed by atoms with Crippen LogP contribution in [0.15, 0.2) is 0 Å². The van der Waals surface area contributed by atoms with Crippen molar-refractivity contribution >= 4 is 19.8 Å². The smallest absolute Gasteiger partial charge is 0.361 e. The quantitative estimate of drug-likeness (QED) is 0.559. The Balaban J connectivity index is 2.70. The molecule has 1 heterocycles. The fraction of sp³-hybridized carbons (Fsp3) is 0.600. The summed E-state index contributed by atoms with van der Waals surface area (Å²) in [7, 11) is -4.47. The summed E-state index contributed by atoms with van der Waals surface area (Å²) in [4.78, 5) is 29.9. The van der Waals surface area contributed by atoms with Crippen LogP contribution in [0.3, 0.4) is 0 Å². The molecule has 0 aromatic heterocycles. The fourth-order valence-electron chi connectivity index (χ4n) is 0.744. The molecule has 0 saturated carbocycles. The van der Waals surface area contributed by atoms with Crippen molar-refractivity contribution in [3.8, 4) is 0 Å². The third-order valence-corrected chi connectivity index (χ3v) is 2.06. The summed E-state index contributed by atoms with van der Waals surface area (Å²) >= 11 is 0. The molecule has 1 fully saturated rings. The third-order valence-electron chi connectivity index (χ3n) is 1.20. The van der Waals surface area contributed by atoms with Crippen molar-refractivity contribution in [2.45, 2.75) is 19.3 Å². The number of carbonyl (C=O) groups excluding carboxylic acids is 2. The first kappa shape index (κ1) is 9.22. The maximum absolute atomic E-state index is 10.7. The van der Waals surface area contributed by atoms with Crippen LogP contribution < -0.4 is 0 Å². The van der Waals surface area contributed by atoms with Crippen LogP contribution in [0.1, 0.15) is 19.3 Å². The highest BCUT2D eigenvalue weighted by atomic mass is 31.2. The van der Waals surface area contributed by atoms with Crippen LogP contribution in [0.4, 0.5) is 0 Å². The summed E-state index contributed by atoms with van der Waals surface area (Å²) in [5.41, 5.74) is 0. The second-order valence-electron chi connectivity index (χ2n) is 2.25. The average molecular weight is 194 g/mol. The van der Waals surface area contributed by atoms with E-state index in [-0.39, 0.29) is 19.3 Å². The summed E-state index contributed by atoms with van der Waals surface area (Å²) in [5.74, 6) is -1.65. The highest BCUT2D eigenvalue weighted by Crippen LogP contribution is 2.45. The highest BCUT2D eigenvalue weighted by Gasteiger charge is 2.32. The van der Waals surface area contributed by atoms with Crippen LogP contribution in [0, 0.1) is 0 Å². The van der Waals surface area contributed by atoms with Gasteiger partial charge < -0.3 is 9.05 Å². The predicted octanol–water partition coefficient (Wildman–Crippen LogP) is 0.357. The van der Waals surface area contributed by atoms with E-state index in [1.807, 2.05) is 0 Å². The Hall–Kier alpha value is -0.870. The van der Waals surface area contributed by atoms with E-state index in [9.17, 15) is 14.2 Å². The van der Waals surface area contributed by atoms with Crippen LogP contribution in [0.5, 0.6) is 0 Å². The van der Waals surface area contributed by atoms with Crippen LogP contribution >= 0.6 is 7.82 Å². The minimum absolute atomic E-state index is 0.0420. The van der Waals surface area contributed by atoms with Crippen LogP contribution in [-0.4, -0.2) is 16.8 Å². The Labute approximate surface area is 68.1 Å². The lowest BCUT2D eigenvalue weighted by atomic mass is 10.2. The topological polar surface area (TPSA) is 89.9 Å². The molecular formula is C5H7O6P. The first-order chi connectivity index (χ1) is 5.49. The van der Waals surface area contributed by atoms with Gasteiger partial charge in [0, 0.05) is 12.8 Å². The van der Waals surface area contributed by atoms with Gasteiger partial charge in [0.1, 0.15) is 0 Å². The molecule has 1 N–H and O–H groups in total. The van der Waals surface area contributed by atoms with Gasteiger partial charge in [-0.25, -0.2) is 4.57 Å². The molecule has 0 aliphatic carbocycles. The van der Waals surface area contributed by atoms with Gasteiger partial charge in [-0.05, 0) is 6.42 Å². The molecule has 68 valence electrons. The first-order valence-electron chi connectivity index (χ1n) is 3.27. The molecule has 1 saturated heterocycles. The zero-order chi connectivity index (χ0) is 9.19. The van der Waals surface area contributed by atoms with Crippen LogP contribution in [0.2, 0.25) is 0 Å². The molecule has 1 aliphatic heterocycles. The lowest BCUT2D eigenvalue weighted by molar-refractivity contribution is -0.143. The molecule has 12 heavy (non-hydrogen) atoms. The van der Waals surface area contributed by atoms with Crippen LogP contribution in [0.25, 0.3) is 0 Å². The van der Waals surface area contributed by atoms with Gasteiger partial charge in [0.2, 0.25) is 0 Å². The van der Waals surface area contributed by atoms with Gasteiger partial charge in [0.25, 0.3) is 0 Å². The second kappa shape index (κ2) is 3.25. The molecule has 0 atom stereocenters. The molecule has 0 aromatic rings. The van der Waals surface area contributed by atoms with Gasteiger partial charge in [-0.2, -0.15) is 0 Å². The minimum atomic E-state index is -4.47. The van der Waals surface area contributed by atoms with E-state index < -0.39 is 19.8 Å². The van der Waals surface area contributed by atoms with Gasteiger partial charge >= 0.3 is 19.8 Å². The number of phosphoric ester groups is 1. The number of hydrogen-bond acceptors (Lipinski definition) is 5. The van der Waals surface area contributed by atoms with E-state index >= 15 is 0 Å². The van der Waals surface area contributed by atoms with Crippen molar-refractivity contribution in [3.63, 3.8) is 0 Å². The fourth-order valence-corrected chi connectivity index (χ4v) is 1.48. The molecule has 1 aliphatic rings. The van der Waals surface area contributed by atoms with Crippen molar-refractivity contribution in [2.24, 2.45) is 0 Å². The molecule has 0 amide bonds. The van der Waals surface area contributed by atoms with Gasteiger partial charge in [-0.15, -0.1) is 0 Å². The van der Waals surface area contributed by atoms with Gasteiger partial charge in [-0.1, -0.05) is 0 Å². The van der Waals surface area contributed by atoms with Crippen molar-refractivity contribution < 1.29 is 28.1 Å². The minimum Gasteiger partial charge on any atom is -0.361 e. The van der Waals surface area contributed by atoms with Crippen LogP contribution in [-0.2, 0) is 23.2 Å². The Kier molecular flexibility index (Phi) is 2.49. The Bertz CT molecular complexity index is 237. The van der Waals surface area contributed by atoms with E-state index in [0.29, 0.717) is 0 Å². The molecule has 0 radical (unpaired) electrons. The molecule has 1 rings (SSSR count). The zero-order valence-electron chi connectivity index (χ0n) is 6.06. The molecule has 0 bridgehead atoms. The van der Waals surface area contributed by atoms with E-state index in [2.05, 4.69) is 9.05 Å². The average Bonchev–Trinajstić information content (AvgIpc) is 1.81. The Morgan fingerprint density at radius 1 is 1.17 bits per heavy atom. The van der Waals surface area contributed by atoms with Crippen molar-refractivity contribution in [3.05, 3.63) is 0 Å². The number of rotatable bonds is 0. The van der Waals surface area contributed by atoms with E-state index in [0.717, 1.165) is 0 Å². The number of phosphoric acid groups is 1. The standard InChI is InChI=1S/C5H7O6P/c6-4-2-1-3-5(7)11-12(8,9)10-4/h1-3H2,(H,8,9). The number of hydrogen-bond donors (Lipinski definition) is 1. The molecule has 6 nitrogen and oxygen atoms in total. The van der Waals surface area contributed by atoms with Crippen molar-refractivity contribution in [1.82, 2.24) is 0 Å². The normalized spacial score (nSPS) is 23.4. The van der Waals surface area contributed by atoms with Crippen molar-refractivity contribution in [2.75, 3.05) is 0 Å². The SMILES string of the molecule is O=C1CCCC(=O)OP(=O)(O)O1. The molecule has 7 heteroatoms. The molecule has 0 aromatic carbocycles. The number of carbonyl (C=O) groups is 2. The molecule has 0 unspecified atom stereocenters. The van der Waals surface area contributed by atoms with Gasteiger partial charge in [-0.3, -0.25) is 14.5 Å². The van der Waals surface area contributed by atoms with Gasteiger partial charge in [0.05, 0.1) is 0 Å². The maximum atomic E-state index is 10.7. The summed E-state index contributed by atoms with van der Waals surface area (Å²) in [5, 5.41) is 0. The predicted molar refractivity (Wildman–Crippen MR) is 35.9 cm³/mol. The Morgan fingerprint density at radius 3 is 2.00 bits per heavy atom. The summed E-state index contributed by atoms with van der Waals surface area (Å²) in [6, 6.07) is 0.